The van der Waals surface area contributed by atoms with E-state index in [1.54, 1.807) is 6.07 Å². The van der Waals surface area contributed by atoms with Gasteiger partial charge in [0.1, 0.15) is 18.1 Å². The summed E-state index contributed by atoms with van der Waals surface area (Å²) in [5.74, 6) is -1.58. The standard InChI is InChI=1S/C25H14F2N6O3S2/c26-20-3-1-15(6-21(20)27)22-7-19(17-9-29-13-30-10-17)24(11-31-22)36-23-4-2-18(5-16(23)8-28)38(34,35)33-25-12-37-14-32-25/h1-7,9-14,33H. The van der Waals surface area contributed by atoms with Crippen LogP contribution in [0.25, 0.3) is 22.4 Å². The van der Waals surface area contributed by atoms with Gasteiger partial charge in [-0.2, -0.15) is 5.26 Å². The molecule has 0 aliphatic rings. The van der Waals surface area contributed by atoms with E-state index in [0.717, 1.165) is 12.1 Å². The van der Waals surface area contributed by atoms with Crippen LogP contribution in [0.3, 0.4) is 0 Å². The highest BCUT2D eigenvalue weighted by Gasteiger charge is 2.20. The van der Waals surface area contributed by atoms with E-state index in [2.05, 4.69) is 24.7 Å². The van der Waals surface area contributed by atoms with Crippen LogP contribution in [0.2, 0.25) is 0 Å². The largest absolute Gasteiger partial charge is 0.454 e. The molecule has 3 aromatic heterocycles. The summed E-state index contributed by atoms with van der Waals surface area (Å²) in [5.41, 5.74) is 3.06. The third-order valence-corrected chi connectivity index (χ3v) is 7.17. The Balaban J connectivity index is 1.53. The van der Waals surface area contributed by atoms with Crippen LogP contribution in [0.1, 0.15) is 5.56 Å². The number of nitriles is 1. The molecule has 0 atom stereocenters. The molecular weight excluding hydrogens is 534 g/mol. The number of ether oxygens (including phenoxy) is 1. The molecule has 5 aromatic rings. The Kier molecular flexibility index (Phi) is 6.73. The van der Waals surface area contributed by atoms with Gasteiger partial charge in [-0.05, 0) is 42.5 Å². The van der Waals surface area contributed by atoms with Crippen molar-refractivity contribution in [2.75, 3.05) is 4.72 Å². The van der Waals surface area contributed by atoms with E-state index < -0.39 is 21.7 Å². The highest BCUT2D eigenvalue weighted by Crippen LogP contribution is 2.37. The van der Waals surface area contributed by atoms with Crippen molar-refractivity contribution in [1.29, 1.82) is 5.26 Å². The zero-order valence-corrected chi connectivity index (χ0v) is 20.7. The molecule has 38 heavy (non-hydrogen) atoms. The minimum atomic E-state index is -4.00. The fourth-order valence-electron chi connectivity index (χ4n) is 3.43. The average molecular weight is 549 g/mol. The maximum atomic E-state index is 13.8. The summed E-state index contributed by atoms with van der Waals surface area (Å²) in [4.78, 5) is 16.1. The molecule has 0 radical (unpaired) electrons. The predicted molar refractivity (Wildman–Crippen MR) is 135 cm³/mol. The molecule has 0 amide bonds. The van der Waals surface area contributed by atoms with Crippen molar-refractivity contribution in [2.24, 2.45) is 0 Å². The number of nitrogens with zero attached hydrogens (tertiary/aromatic N) is 5. The van der Waals surface area contributed by atoms with Gasteiger partial charge in [-0.1, -0.05) is 0 Å². The fourth-order valence-corrected chi connectivity index (χ4v) is 5.02. The second-order valence-electron chi connectivity index (χ2n) is 7.67. The molecule has 0 bridgehead atoms. The van der Waals surface area contributed by atoms with Crippen molar-refractivity contribution in [1.82, 2.24) is 19.9 Å². The van der Waals surface area contributed by atoms with E-state index >= 15 is 0 Å². The van der Waals surface area contributed by atoms with Crippen LogP contribution >= 0.6 is 11.3 Å². The zero-order chi connectivity index (χ0) is 26.7. The van der Waals surface area contributed by atoms with E-state index in [4.69, 9.17) is 4.74 Å². The molecule has 1 N–H and O–H groups in total. The van der Waals surface area contributed by atoms with Gasteiger partial charge in [0.2, 0.25) is 0 Å². The lowest BCUT2D eigenvalue weighted by Gasteiger charge is -2.14. The summed E-state index contributed by atoms with van der Waals surface area (Å²) < 4.78 is 61.0. The first-order chi connectivity index (χ1) is 18.3. The van der Waals surface area contributed by atoms with E-state index in [9.17, 15) is 22.5 Å². The Labute approximate surface area is 219 Å². The molecule has 188 valence electrons. The van der Waals surface area contributed by atoms with E-state index in [0.29, 0.717) is 22.4 Å². The number of pyridine rings is 1. The lowest BCUT2D eigenvalue weighted by molar-refractivity contribution is 0.480. The predicted octanol–water partition coefficient (Wildman–Crippen LogP) is 5.41. The number of benzene rings is 2. The average Bonchev–Trinajstić information content (AvgIpc) is 3.43. The first-order valence-electron chi connectivity index (χ1n) is 10.7. The molecule has 5 rings (SSSR count). The van der Waals surface area contributed by atoms with Crippen molar-refractivity contribution in [3.63, 3.8) is 0 Å². The van der Waals surface area contributed by atoms with Crippen molar-refractivity contribution in [3.8, 4) is 40.0 Å². The summed E-state index contributed by atoms with van der Waals surface area (Å²) >= 11 is 1.23. The summed E-state index contributed by atoms with van der Waals surface area (Å²) in [5, 5.41) is 11.2. The topological polar surface area (TPSA) is 131 Å². The molecule has 0 aliphatic carbocycles. The smallest absolute Gasteiger partial charge is 0.263 e. The van der Waals surface area contributed by atoms with Gasteiger partial charge in [0.15, 0.2) is 23.2 Å². The van der Waals surface area contributed by atoms with Crippen molar-refractivity contribution < 1.29 is 21.9 Å². The summed E-state index contributed by atoms with van der Waals surface area (Å²) in [6.07, 6.45) is 5.74. The molecule has 0 saturated carbocycles. The van der Waals surface area contributed by atoms with Gasteiger partial charge in [0.05, 0.1) is 27.9 Å². The minimum absolute atomic E-state index is 0.0499. The number of aromatic nitrogens is 4. The number of hydrogen-bond donors (Lipinski definition) is 1. The summed E-state index contributed by atoms with van der Waals surface area (Å²) in [6.45, 7) is 0. The van der Waals surface area contributed by atoms with Crippen LogP contribution < -0.4 is 9.46 Å². The molecule has 2 aromatic carbocycles. The Bertz CT molecular complexity index is 1780. The Morgan fingerprint density at radius 3 is 2.45 bits per heavy atom. The molecule has 0 aliphatic heterocycles. The lowest BCUT2D eigenvalue weighted by atomic mass is 10.0. The molecule has 0 spiro atoms. The molecule has 0 saturated heterocycles. The zero-order valence-electron chi connectivity index (χ0n) is 19.0. The molecular formula is C25H14F2N6O3S2. The molecule has 13 heteroatoms. The first-order valence-corrected chi connectivity index (χ1v) is 13.1. The second kappa shape index (κ2) is 10.3. The maximum absolute atomic E-state index is 13.8. The third-order valence-electron chi connectivity index (χ3n) is 5.23. The van der Waals surface area contributed by atoms with Gasteiger partial charge in [-0.3, -0.25) is 9.71 Å². The van der Waals surface area contributed by atoms with Crippen LogP contribution in [0, 0.1) is 23.0 Å². The van der Waals surface area contributed by atoms with Gasteiger partial charge in [-0.25, -0.2) is 32.2 Å². The fraction of sp³-hybridized carbons (Fsp3) is 0. The van der Waals surface area contributed by atoms with E-state index in [1.165, 1.54) is 71.4 Å². The molecule has 9 nitrogen and oxygen atoms in total. The van der Waals surface area contributed by atoms with E-state index in [1.807, 2.05) is 6.07 Å². The van der Waals surface area contributed by atoms with Gasteiger partial charge in [-0.15, -0.1) is 11.3 Å². The Morgan fingerprint density at radius 2 is 1.74 bits per heavy atom. The summed E-state index contributed by atoms with van der Waals surface area (Å²) in [7, 11) is -4.00. The van der Waals surface area contributed by atoms with Gasteiger partial charge >= 0.3 is 0 Å². The van der Waals surface area contributed by atoms with Crippen molar-refractivity contribution >= 4 is 27.2 Å². The number of thiazole rings is 1. The monoisotopic (exact) mass is 548 g/mol. The normalized spacial score (nSPS) is 11.1. The van der Waals surface area contributed by atoms with Crippen LogP contribution in [-0.4, -0.2) is 28.4 Å². The molecule has 3 heterocycles. The molecule has 0 unspecified atom stereocenters. The Morgan fingerprint density at radius 1 is 0.921 bits per heavy atom. The number of halogens is 2. The van der Waals surface area contributed by atoms with Crippen LogP contribution in [0.5, 0.6) is 11.5 Å². The maximum Gasteiger partial charge on any atom is 0.263 e. The quantitative estimate of drug-likeness (QED) is 0.286. The van der Waals surface area contributed by atoms with Gasteiger partial charge < -0.3 is 4.74 Å². The molecule has 0 fully saturated rings. The number of sulfonamides is 1. The van der Waals surface area contributed by atoms with Crippen LogP contribution in [0.4, 0.5) is 14.6 Å². The second-order valence-corrected chi connectivity index (χ2v) is 10.1. The number of hydrogen-bond acceptors (Lipinski definition) is 9. The minimum Gasteiger partial charge on any atom is -0.454 e. The van der Waals surface area contributed by atoms with Crippen LogP contribution in [-0.2, 0) is 10.0 Å². The van der Waals surface area contributed by atoms with Gasteiger partial charge in [0.25, 0.3) is 10.0 Å². The number of rotatable bonds is 7. The van der Waals surface area contributed by atoms with Crippen molar-refractivity contribution in [3.05, 3.63) is 95.5 Å². The van der Waals surface area contributed by atoms with Crippen molar-refractivity contribution in [2.45, 2.75) is 4.90 Å². The number of anilines is 1. The SMILES string of the molecule is N#Cc1cc(S(=O)(=O)Nc2cscn2)ccc1Oc1cnc(-c2ccc(F)c(F)c2)cc1-c1cncnc1. The Hall–Kier alpha value is -4.80. The van der Waals surface area contributed by atoms with Crippen LogP contribution in [0.15, 0.2) is 83.2 Å². The van der Waals surface area contributed by atoms with Gasteiger partial charge in [0, 0.05) is 34.5 Å². The highest BCUT2D eigenvalue weighted by atomic mass is 32.2. The first kappa shape index (κ1) is 24.9. The lowest BCUT2D eigenvalue weighted by Crippen LogP contribution is -2.13. The van der Waals surface area contributed by atoms with E-state index in [-0.39, 0.29) is 27.8 Å². The number of nitrogens with one attached hydrogen (secondary N) is 1. The highest BCUT2D eigenvalue weighted by molar-refractivity contribution is 7.92. The third kappa shape index (κ3) is 5.17. The summed E-state index contributed by atoms with van der Waals surface area (Å²) in [6, 6.07) is 10.8.